The summed E-state index contributed by atoms with van der Waals surface area (Å²) < 4.78 is 23.7. The van der Waals surface area contributed by atoms with Crippen molar-refractivity contribution in [3.8, 4) is 0 Å². The lowest BCUT2D eigenvalue weighted by atomic mass is 10.1. The quantitative estimate of drug-likeness (QED) is 0.793. The lowest BCUT2D eigenvalue weighted by molar-refractivity contribution is 0.380. The Balaban J connectivity index is 1.79. The van der Waals surface area contributed by atoms with Crippen LogP contribution in [-0.2, 0) is 22.8 Å². The van der Waals surface area contributed by atoms with Crippen LogP contribution in [0, 0.1) is 0 Å². The van der Waals surface area contributed by atoms with Crippen molar-refractivity contribution in [2.24, 2.45) is 0 Å². The lowest BCUT2D eigenvalue weighted by Crippen LogP contribution is -2.42. The molecule has 0 fully saturated rings. The maximum absolute atomic E-state index is 11.9. The molecule has 136 valence electrons. The van der Waals surface area contributed by atoms with Crippen molar-refractivity contribution in [2.45, 2.75) is 25.9 Å². The first-order valence-electron chi connectivity index (χ1n) is 8.58. The second-order valence-corrected chi connectivity index (χ2v) is 8.64. The molecule has 1 heterocycles. The molecule has 0 saturated carbocycles. The summed E-state index contributed by atoms with van der Waals surface area (Å²) in [5, 5.41) is 5.05. The predicted molar refractivity (Wildman–Crippen MR) is 111 cm³/mol. The summed E-state index contributed by atoms with van der Waals surface area (Å²) in [6, 6.07) is 17.8. The molecule has 26 heavy (non-hydrogen) atoms. The van der Waals surface area contributed by atoms with E-state index in [4.69, 9.17) is 12.2 Å². The van der Waals surface area contributed by atoms with Crippen LogP contribution in [0.5, 0.6) is 0 Å². The highest BCUT2D eigenvalue weighted by molar-refractivity contribution is 7.94. The molecular weight excluding hydrogens is 364 g/mol. The molecular formula is C20H22N2O2S2. The van der Waals surface area contributed by atoms with Crippen LogP contribution in [0.15, 0.2) is 66.1 Å². The predicted octanol–water partition coefficient (Wildman–Crippen LogP) is 3.76. The fourth-order valence-corrected chi connectivity index (χ4v) is 4.51. The molecule has 1 aliphatic rings. The summed E-state index contributed by atoms with van der Waals surface area (Å²) in [5.74, 6) is 0.0520. The molecule has 0 saturated heterocycles. The van der Waals surface area contributed by atoms with E-state index in [2.05, 4.69) is 24.4 Å². The fraction of sp³-hybridized carbons (Fsp3) is 0.250. The van der Waals surface area contributed by atoms with Gasteiger partial charge in [-0.3, -0.25) is 0 Å². The number of benzene rings is 2. The van der Waals surface area contributed by atoms with Gasteiger partial charge in [0, 0.05) is 17.6 Å². The molecule has 4 nitrogen and oxygen atoms in total. The van der Waals surface area contributed by atoms with Crippen LogP contribution in [0.2, 0.25) is 0 Å². The second-order valence-electron chi connectivity index (χ2n) is 6.32. The van der Waals surface area contributed by atoms with Crippen LogP contribution >= 0.6 is 12.2 Å². The van der Waals surface area contributed by atoms with Crippen molar-refractivity contribution in [3.05, 3.63) is 77.2 Å². The Morgan fingerprint density at radius 3 is 2.38 bits per heavy atom. The van der Waals surface area contributed by atoms with E-state index < -0.39 is 9.84 Å². The zero-order valence-electron chi connectivity index (χ0n) is 14.6. The number of sulfone groups is 1. The van der Waals surface area contributed by atoms with E-state index in [1.807, 2.05) is 47.4 Å². The number of hydrogen-bond acceptors (Lipinski definition) is 3. The van der Waals surface area contributed by atoms with E-state index in [0.717, 1.165) is 17.7 Å². The molecule has 2 aromatic carbocycles. The minimum atomic E-state index is -3.16. The van der Waals surface area contributed by atoms with Gasteiger partial charge in [0.15, 0.2) is 14.9 Å². The Kier molecular flexibility index (Phi) is 5.74. The Labute approximate surface area is 160 Å². The lowest BCUT2D eigenvalue weighted by Gasteiger charge is -2.30. The highest BCUT2D eigenvalue weighted by Gasteiger charge is 2.28. The van der Waals surface area contributed by atoms with Gasteiger partial charge in [-0.1, -0.05) is 49.4 Å². The van der Waals surface area contributed by atoms with Crippen molar-refractivity contribution in [1.82, 2.24) is 4.90 Å². The number of nitrogens with one attached hydrogen (secondary N) is 1. The molecule has 2 aromatic rings. The maximum Gasteiger partial charge on any atom is 0.174 e. The number of hydrogen-bond donors (Lipinski definition) is 1. The minimum absolute atomic E-state index is 0.0520. The summed E-state index contributed by atoms with van der Waals surface area (Å²) in [4.78, 5) is 1.93. The number of rotatable bonds is 5. The number of thiocarbonyl (C=S) groups is 1. The van der Waals surface area contributed by atoms with Gasteiger partial charge in [0.05, 0.1) is 11.8 Å². The van der Waals surface area contributed by atoms with Crippen molar-refractivity contribution >= 4 is 32.9 Å². The molecule has 1 aliphatic heterocycles. The van der Waals surface area contributed by atoms with Crippen molar-refractivity contribution in [3.63, 3.8) is 0 Å². The first kappa shape index (κ1) is 18.6. The third-order valence-electron chi connectivity index (χ3n) is 4.38. The first-order chi connectivity index (χ1) is 12.5. The van der Waals surface area contributed by atoms with E-state index in [-0.39, 0.29) is 11.8 Å². The molecule has 0 amide bonds. The van der Waals surface area contributed by atoms with Gasteiger partial charge < -0.3 is 10.2 Å². The third-order valence-corrected chi connectivity index (χ3v) is 6.10. The Morgan fingerprint density at radius 2 is 1.81 bits per heavy atom. The molecule has 1 atom stereocenters. The topological polar surface area (TPSA) is 49.4 Å². The Hall–Kier alpha value is -2.18. The highest BCUT2D eigenvalue weighted by Crippen LogP contribution is 2.20. The third kappa shape index (κ3) is 4.71. The summed E-state index contributed by atoms with van der Waals surface area (Å²) in [6.07, 6.45) is 2.70. The molecule has 1 N–H and O–H groups in total. The largest absolute Gasteiger partial charge is 0.337 e. The van der Waals surface area contributed by atoms with Gasteiger partial charge in [-0.2, -0.15) is 0 Å². The standard InChI is InChI=1S/C20H22N2O2S2/c1-2-16-8-10-18(11-9-16)21-20(25)22(14-17-6-4-3-5-7-17)19-12-13-26(23,24)15-19/h3-13,19H,2,14-15H2,1H3,(H,21,25)/t19-/m1/s1. The van der Waals surface area contributed by atoms with E-state index in [0.29, 0.717) is 11.7 Å². The van der Waals surface area contributed by atoms with E-state index in [9.17, 15) is 8.42 Å². The first-order valence-corrected chi connectivity index (χ1v) is 10.7. The highest BCUT2D eigenvalue weighted by atomic mass is 32.2. The molecule has 0 bridgehead atoms. The van der Waals surface area contributed by atoms with Gasteiger partial charge in [-0.05, 0) is 48.0 Å². The normalized spacial score (nSPS) is 17.8. The van der Waals surface area contributed by atoms with Crippen molar-refractivity contribution in [1.29, 1.82) is 0 Å². The fourth-order valence-electron chi connectivity index (χ4n) is 2.89. The van der Waals surface area contributed by atoms with Crippen molar-refractivity contribution in [2.75, 3.05) is 11.1 Å². The van der Waals surface area contributed by atoms with Crippen LogP contribution < -0.4 is 5.32 Å². The minimum Gasteiger partial charge on any atom is -0.337 e. The van der Waals surface area contributed by atoms with Crippen LogP contribution in [-0.4, -0.2) is 30.2 Å². The number of aryl methyl sites for hydroxylation is 1. The zero-order chi connectivity index (χ0) is 18.6. The van der Waals surface area contributed by atoms with Crippen LogP contribution in [0.1, 0.15) is 18.1 Å². The summed E-state index contributed by atoms with van der Waals surface area (Å²) in [7, 11) is -3.16. The average molecular weight is 387 g/mol. The molecule has 3 rings (SSSR count). The molecule has 0 aromatic heterocycles. The number of anilines is 1. The average Bonchev–Trinajstić information content (AvgIpc) is 3.00. The van der Waals surface area contributed by atoms with Gasteiger partial charge in [-0.15, -0.1) is 0 Å². The van der Waals surface area contributed by atoms with Crippen LogP contribution in [0.3, 0.4) is 0 Å². The Morgan fingerprint density at radius 1 is 1.12 bits per heavy atom. The molecule has 0 spiro atoms. The van der Waals surface area contributed by atoms with Crippen molar-refractivity contribution < 1.29 is 8.42 Å². The summed E-state index contributed by atoms with van der Waals surface area (Å²) >= 11 is 5.62. The zero-order valence-corrected chi connectivity index (χ0v) is 16.3. The van der Waals surface area contributed by atoms with E-state index in [1.165, 1.54) is 11.0 Å². The van der Waals surface area contributed by atoms with Gasteiger partial charge >= 0.3 is 0 Å². The van der Waals surface area contributed by atoms with Crippen LogP contribution in [0.25, 0.3) is 0 Å². The van der Waals surface area contributed by atoms with E-state index >= 15 is 0 Å². The second kappa shape index (κ2) is 8.01. The van der Waals surface area contributed by atoms with Crippen LogP contribution in [0.4, 0.5) is 5.69 Å². The maximum atomic E-state index is 11.9. The smallest absolute Gasteiger partial charge is 0.174 e. The Bertz CT molecular complexity index is 891. The van der Waals surface area contributed by atoms with Gasteiger partial charge in [-0.25, -0.2) is 8.42 Å². The monoisotopic (exact) mass is 386 g/mol. The molecule has 0 unspecified atom stereocenters. The molecule has 0 aliphatic carbocycles. The number of nitrogens with zero attached hydrogens (tertiary/aromatic N) is 1. The summed E-state index contributed by atoms with van der Waals surface area (Å²) in [5.41, 5.74) is 3.23. The summed E-state index contributed by atoms with van der Waals surface area (Å²) in [6.45, 7) is 2.66. The van der Waals surface area contributed by atoms with Gasteiger partial charge in [0.1, 0.15) is 0 Å². The van der Waals surface area contributed by atoms with Gasteiger partial charge in [0.2, 0.25) is 0 Å². The molecule has 6 heteroatoms. The van der Waals surface area contributed by atoms with Gasteiger partial charge in [0.25, 0.3) is 0 Å². The SMILES string of the molecule is CCc1ccc(NC(=S)N(Cc2ccccc2)[C@@H]2C=CS(=O)(=O)C2)cc1. The van der Waals surface area contributed by atoms with E-state index in [1.54, 1.807) is 6.08 Å². The molecule has 0 radical (unpaired) electrons.